The van der Waals surface area contributed by atoms with Crippen LogP contribution in [0.4, 0.5) is 10.1 Å². The lowest BCUT2D eigenvalue weighted by Crippen LogP contribution is -2.22. The van der Waals surface area contributed by atoms with E-state index in [0.29, 0.717) is 44.1 Å². The van der Waals surface area contributed by atoms with Crippen LogP contribution in [0.25, 0.3) is 11.3 Å². The van der Waals surface area contributed by atoms with Crippen LogP contribution in [0.15, 0.2) is 81.8 Å². The van der Waals surface area contributed by atoms with Crippen molar-refractivity contribution in [3.63, 3.8) is 0 Å². The average molecular weight is 562 g/mol. The van der Waals surface area contributed by atoms with Crippen molar-refractivity contribution in [3.8, 4) is 22.8 Å². The molecular formula is C25H19BrClFN2O3S. The van der Waals surface area contributed by atoms with Crippen molar-refractivity contribution in [1.82, 2.24) is 4.98 Å². The van der Waals surface area contributed by atoms with Crippen molar-refractivity contribution in [2.24, 2.45) is 0 Å². The largest absolute Gasteiger partial charge is 0.456 e. The lowest BCUT2D eigenvalue weighted by molar-refractivity contribution is -0.115. The molecule has 0 aliphatic carbocycles. The van der Waals surface area contributed by atoms with Gasteiger partial charge >= 0.3 is 0 Å². The summed E-state index contributed by atoms with van der Waals surface area (Å²) < 4.78 is 25.3. The molecule has 1 atom stereocenters. The SMILES string of the molecule is CC(SCc1ncc(-c2ccc(Cl)cc2)o1)C(=O)Nc1ccc(Oc2ccc(F)cc2)c(Br)c1. The van der Waals surface area contributed by atoms with Crippen molar-refractivity contribution >= 4 is 50.9 Å². The third-order valence-corrected chi connectivity index (χ3v) is 6.75. The van der Waals surface area contributed by atoms with E-state index in [9.17, 15) is 9.18 Å². The normalized spacial score (nSPS) is 11.8. The molecule has 1 aromatic heterocycles. The van der Waals surface area contributed by atoms with Gasteiger partial charge in [-0.15, -0.1) is 11.8 Å². The topological polar surface area (TPSA) is 64.4 Å². The molecule has 1 unspecified atom stereocenters. The molecule has 3 aromatic carbocycles. The molecule has 5 nitrogen and oxygen atoms in total. The number of carbonyl (C=O) groups is 1. The zero-order valence-electron chi connectivity index (χ0n) is 17.9. The lowest BCUT2D eigenvalue weighted by Gasteiger charge is -2.13. The van der Waals surface area contributed by atoms with E-state index in [1.807, 2.05) is 19.1 Å². The molecule has 1 N–H and O–H groups in total. The van der Waals surface area contributed by atoms with Gasteiger partial charge in [0.2, 0.25) is 11.8 Å². The number of hydrogen-bond donors (Lipinski definition) is 1. The Morgan fingerprint density at radius 1 is 1.18 bits per heavy atom. The molecule has 0 aliphatic rings. The third-order valence-electron chi connectivity index (χ3n) is 4.75. The number of amides is 1. The van der Waals surface area contributed by atoms with Gasteiger partial charge in [0.15, 0.2) is 5.76 Å². The number of oxazole rings is 1. The van der Waals surface area contributed by atoms with Crippen LogP contribution in [0.3, 0.4) is 0 Å². The number of benzene rings is 3. The van der Waals surface area contributed by atoms with Gasteiger partial charge in [0.05, 0.1) is 21.7 Å². The van der Waals surface area contributed by atoms with Gasteiger partial charge in [-0.2, -0.15) is 0 Å². The number of rotatable bonds is 8. The second kappa shape index (κ2) is 11.1. The fourth-order valence-electron chi connectivity index (χ4n) is 2.93. The number of ether oxygens (including phenoxy) is 1. The molecule has 174 valence electrons. The van der Waals surface area contributed by atoms with Crippen LogP contribution >= 0.6 is 39.3 Å². The predicted octanol–water partition coefficient (Wildman–Crippen LogP) is 7.95. The summed E-state index contributed by atoms with van der Waals surface area (Å²) in [5.41, 5.74) is 1.51. The Balaban J connectivity index is 1.30. The van der Waals surface area contributed by atoms with Gasteiger partial charge in [-0.3, -0.25) is 4.79 Å². The summed E-state index contributed by atoms with van der Waals surface area (Å²) in [5, 5.41) is 3.22. The van der Waals surface area contributed by atoms with Gasteiger partial charge in [-0.05, 0) is 89.6 Å². The monoisotopic (exact) mass is 560 g/mol. The molecule has 1 amide bonds. The number of halogens is 3. The van der Waals surface area contributed by atoms with E-state index in [1.54, 1.807) is 48.7 Å². The fraction of sp³-hybridized carbons (Fsp3) is 0.120. The first-order chi connectivity index (χ1) is 16.4. The quantitative estimate of drug-likeness (QED) is 0.236. The summed E-state index contributed by atoms with van der Waals surface area (Å²) in [5.74, 6) is 2.23. The summed E-state index contributed by atoms with van der Waals surface area (Å²) in [6, 6.07) is 18.3. The molecule has 4 rings (SSSR count). The molecule has 0 fully saturated rings. The summed E-state index contributed by atoms with van der Waals surface area (Å²) in [6.07, 6.45) is 1.66. The average Bonchev–Trinajstić information content (AvgIpc) is 3.30. The molecule has 9 heteroatoms. The molecule has 0 spiro atoms. The first-order valence-corrected chi connectivity index (χ1v) is 12.5. The van der Waals surface area contributed by atoms with Crippen LogP contribution in [0.5, 0.6) is 11.5 Å². The zero-order chi connectivity index (χ0) is 24.1. The van der Waals surface area contributed by atoms with E-state index in [1.165, 1.54) is 23.9 Å². The van der Waals surface area contributed by atoms with Gasteiger partial charge in [0.1, 0.15) is 17.3 Å². The molecule has 0 saturated heterocycles. The minimum Gasteiger partial charge on any atom is -0.456 e. The predicted molar refractivity (Wildman–Crippen MR) is 137 cm³/mol. The van der Waals surface area contributed by atoms with E-state index in [4.69, 9.17) is 20.8 Å². The number of aromatic nitrogens is 1. The Labute approximate surface area is 213 Å². The number of nitrogens with one attached hydrogen (secondary N) is 1. The highest BCUT2D eigenvalue weighted by Crippen LogP contribution is 2.32. The molecule has 4 aromatic rings. The van der Waals surface area contributed by atoms with Gasteiger partial charge in [0.25, 0.3) is 0 Å². The van der Waals surface area contributed by atoms with Gasteiger partial charge in [0, 0.05) is 16.3 Å². The van der Waals surface area contributed by atoms with E-state index in [2.05, 4.69) is 26.2 Å². The second-order valence-corrected chi connectivity index (χ2v) is 9.89. The number of thioether (sulfide) groups is 1. The van der Waals surface area contributed by atoms with Crippen molar-refractivity contribution in [1.29, 1.82) is 0 Å². The van der Waals surface area contributed by atoms with E-state index >= 15 is 0 Å². The van der Waals surface area contributed by atoms with E-state index < -0.39 is 0 Å². The van der Waals surface area contributed by atoms with Crippen LogP contribution in [0.1, 0.15) is 12.8 Å². The molecule has 0 bridgehead atoms. The molecule has 0 aliphatic heterocycles. The first-order valence-electron chi connectivity index (χ1n) is 10.2. The highest BCUT2D eigenvalue weighted by atomic mass is 79.9. The lowest BCUT2D eigenvalue weighted by atomic mass is 10.2. The Bertz CT molecular complexity index is 1280. The third kappa shape index (κ3) is 6.40. The smallest absolute Gasteiger partial charge is 0.237 e. The van der Waals surface area contributed by atoms with Gasteiger partial charge < -0.3 is 14.5 Å². The van der Waals surface area contributed by atoms with Crippen LogP contribution in [0.2, 0.25) is 5.02 Å². The second-order valence-electron chi connectivity index (χ2n) is 7.27. The molecule has 34 heavy (non-hydrogen) atoms. The maximum atomic E-state index is 13.1. The number of hydrogen-bond acceptors (Lipinski definition) is 5. The zero-order valence-corrected chi connectivity index (χ0v) is 21.1. The van der Waals surface area contributed by atoms with Gasteiger partial charge in [-0.1, -0.05) is 11.6 Å². The minimum atomic E-state index is -0.334. The van der Waals surface area contributed by atoms with Crippen molar-refractivity contribution < 1.29 is 18.3 Å². The number of anilines is 1. The summed E-state index contributed by atoms with van der Waals surface area (Å²) in [7, 11) is 0. The first kappa shape index (κ1) is 24.3. The molecule has 0 saturated carbocycles. The fourth-order valence-corrected chi connectivity index (χ4v) is 4.25. The van der Waals surface area contributed by atoms with E-state index in [0.717, 1.165) is 5.56 Å². The number of carbonyl (C=O) groups excluding carboxylic acids is 1. The van der Waals surface area contributed by atoms with Crippen molar-refractivity contribution in [2.75, 3.05) is 5.32 Å². The molecular weight excluding hydrogens is 543 g/mol. The Hall–Kier alpha value is -2.81. The Morgan fingerprint density at radius 2 is 1.91 bits per heavy atom. The molecule has 0 radical (unpaired) electrons. The van der Waals surface area contributed by atoms with Crippen LogP contribution < -0.4 is 10.1 Å². The Morgan fingerprint density at radius 3 is 2.62 bits per heavy atom. The summed E-state index contributed by atoms with van der Waals surface area (Å²) in [4.78, 5) is 16.9. The maximum absolute atomic E-state index is 13.1. The highest BCUT2D eigenvalue weighted by Gasteiger charge is 2.16. The minimum absolute atomic E-state index is 0.145. The summed E-state index contributed by atoms with van der Waals surface area (Å²) >= 11 is 10.8. The summed E-state index contributed by atoms with van der Waals surface area (Å²) in [6.45, 7) is 1.82. The highest BCUT2D eigenvalue weighted by molar-refractivity contribution is 9.10. The van der Waals surface area contributed by atoms with Crippen LogP contribution in [-0.4, -0.2) is 16.1 Å². The van der Waals surface area contributed by atoms with Crippen LogP contribution in [-0.2, 0) is 10.5 Å². The standard InChI is InChI=1S/C25H19BrClFN2O3S/c1-15(34-14-24-29-13-23(33-24)16-2-4-17(27)5-3-16)25(31)30-19-8-11-22(21(26)12-19)32-20-9-6-18(28)7-10-20/h2-13,15H,14H2,1H3,(H,30,31). The van der Waals surface area contributed by atoms with E-state index in [-0.39, 0.29) is 17.0 Å². The number of nitrogens with zero attached hydrogens (tertiary/aromatic N) is 1. The van der Waals surface area contributed by atoms with Crippen molar-refractivity contribution in [2.45, 2.75) is 17.9 Å². The van der Waals surface area contributed by atoms with Crippen molar-refractivity contribution in [3.05, 3.63) is 94.1 Å². The Kier molecular flexibility index (Phi) is 7.92. The molecule has 1 heterocycles. The van der Waals surface area contributed by atoms with Gasteiger partial charge in [-0.25, -0.2) is 9.37 Å². The van der Waals surface area contributed by atoms with Crippen LogP contribution in [0, 0.1) is 5.82 Å². The maximum Gasteiger partial charge on any atom is 0.237 e.